The van der Waals surface area contributed by atoms with Crippen molar-refractivity contribution in [2.45, 2.75) is 0 Å². The van der Waals surface area contributed by atoms with Crippen LogP contribution in [0.2, 0.25) is 5.02 Å². The Morgan fingerprint density at radius 3 is 2.44 bits per heavy atom. The van der Waals surface area contributed by atoms with Gasteiger partial charge in [-0.05, 0) is 24.3 Å². The molecule has 1 rings (SSSR count). The maximum absolute atomic E-state index is 11.7. The zero-order valence-electron chi connectivity index (χ0n) is 10.1. The lowest BCUT2D eigenvalue weighted by molar-refractivity contribution is 0.0785. The van der Waals surface area contributed by atoms with Crippen molar-refractivity contribution in [1.82, 2.24) is 0 Å². The van der Waals surface area contributed by atoms with Gasteiger partial charge in [0.15, 0.2) is 0 Å². The van der Waals surface area contributed by atoms with Crippen LogP contribution in [0.3, 0.4) is 0 Å². The first-order chi connectivity index (χ1) is 8.53. The SMILES string of the molecule is COCCOCCS(=O)(=O)Nc1ccc(Cl)cc1. The molecule has 0 saturated carbocycles. The van der Waals surface area contributed by atoms with E-state index in [9.17, 15) is 8.42 Å². The van der Waals surface area contributed by atoms with Gasteiger partial charge in [0, 0.05) is 17.8 Å². The lowest BCUT2D eigenvalue weighted by Gasteiger charge is -2.08. The molecule has 1 aromatic carbocycles. The number of rotatable bonds is 8. The predicted molar refractivity (Wildman–Crippen MR) is 71.6 cm³/mol. The number of sulfonamides is 1. The van der Waals surface area contributed by atoms with E-state index >= 15 is 0 Å². The molecule has 1 aromatic rings. The second-order valence-electron chi connectivity index (χ2n) is 3.53. The highest BCUT2D eigenvalue weighted by Gasteiger charge is 2.10. The van der Waals surface area contributed by atoms with Crippen LogP contribution in [0.1, 0.15) is 0 Å². The molecule has 0 aliphatic rings. The van der Waals surface area contributed by atoms with Crippen LogP contribution < -0.4 is 4.72 Å². The fourth-order valence-electron chi connectivity index (χ4n) is 1.16. The van der Waals surface area contributed by atoms with E-state index in [1.807, 2.05) is 0 Å². The number of benzene rings is 1. The number of hydrogen-bond donors (Lipinski definition) is 1. The number of hydrogen-bond acceptors (Lipinski definition) is 4. The van der Waals surface area contributed by atoms with Crippen molar-refractivity contribution >= 4 is 27.3 Å². The summed E-state index contributed by atoms with van der Waals surface area (Å²) in [5.41, 5.74) is 0.483. The molecule has 0 saturated heterocycles. The van der Waals surface area contributed by atoms with Crippen LogP contribution in [-0.2, 0) is 19.5 Å². The van der Waals surface area contributed by atoms with E-state index in [1.165, 1.54) is 0 Å². The summed E-state index contributed by atoms with van der Waals surface area (Å²) in [7, 11) is -1.84. The third-order valence-corrected chi connectivity index (χ3v) is 3.55. The maximum Gasteiger partial charge on any atom is 0.234 e. The molecule has 1 N–H and O–H groups in total. The first-order valence-corrected chi connectivity index (χ1v) is 7.39. The van der Waals surface area contributed by atoms with Crippen molar-refractivity contribution in [3.63, 3.8) is 0 Å². The molecule has 0 fully saturated rings. The Morgan fingerprint density at radius 2 is 1.83 bits per heavy atom. The predicted octanol–water partition coefficient (Wildman–Crippen LogP) is 1.74. The maximum atomic E-state index is 11.7. The highest BCUT2D eigenvalue weighted by molar-refractivity contribution is 7.92. The van der Waals surface area contributed by atoms with E-state index in [2.05, 4.69) is 4.72 Å². The highest BCUT2D eigenvalue weighted by atomic mass is 35.5. The Morgan fingerprint density at radius 1 is 1.17 bits per heavy atom. The monoisotopic (exact) mass is 293 g/mol. The summed E-state index contributed by atoms with van der Waals surface area (Å²) >= 11 is 5.71. The molecule has 0 amide bonds. The average molecular weight is 294 g/mol. The van der Waals surface area contributed by atoms with E-state index in [4.69, 9.17) is 21.1 Å². The zero-order valence-corrected chi connectivity index (χ0v) is 11.6. The first-order valence-electron chi connectivity index (χ1n) is 5.36. The van der Waals surface area contributed by atoms with Crippen LogP contribution in [0, 0.1) is 0 Å². The normalized spacial score (nSPS) is 11.4. The molecule has 0 aromatic heterocycles. The van der Waals surface area contributed by atoms with Gasteiger partial charge in [0.25, 0.3) is 0 Å². The summed E-state index contributed by atoms with van der Waals surface area (Å²) in [6.07, 6.45) is 0. The standard InChI is InChI=1S/C11H16ClNO4S/c1-16-6-7-17-8-9-18(14,15)13-11-4-2-10(12)3-5-11/h2-5,13H,6-9H2,1H3. The van der Waals surface area contributed by atoms with Gasteiger partial charge < -0.3 is 9.47 Å². The molecule has 5 nitrogen and oxygen atoms in total. The molecule has 0 spiro atoms. The smallest absolute Gasteiger partial charge is 0.234 e. The molecule has 0 bridgehead atoms. The Bertz CT molecular complexity index is 447. The quantitative estimate of drug-likeness (QED) is 0.742. The Kier molecular flexibility index (Phi) is 6.42. The van der Waals surface area contributed by atoms with Crippen LogP contribution in [0.25, 0.3) is 0 Å². The van der Waals surface area contributed by atoms with Gasteiger partial charge in [0.05, 0.1) is 25.6 Å². The van der Waals surface area contributed by atoms with E-state index in [0.29, 0.717) is 23.9 Å². The van der Waals surface area contributed by atoms with E-state index < -0.39 is 10.0 Å². The Balaban J connectivity index is 2.37. The fourth-order valence-corrected chi connectivity index (χ4v) is 2.22. The molecule has 0 unspecified atom stereocenters. The lowest BCUT2D eigenvalue weighted by atomic mass is 10.3. The molecular formula is C11H16ClNO4S. The second-order valence-corrected chi connectivity index (χ2v) is 5.81. The topological polar surface area (TPSA) is 64.6 Å². The molecule has 18 heavy (non-hydrogen) atoms. The van der Waals surface area contributed by atoms with Gasteiger partial charge in [-0.3, -0.25) is 4.72 Å². The van der Waals surface area contributed by atoms with Gasteiger partial charge in [0.1, 0.15) is 0 Å². The largest absolute Gasteiger partial charge is 0.382 e. The number of halogens is 1. The molecule has 0 aliphatic carbocycles. The van der Waals surface area contributed by atoms with Gasteiger partial charge in [-0.1, -0.05) is 11.6 Å². The lowest BCUT2D eigenvalue weighted by Crippen LogP contribution is -2.20. The summed E-state index contributed by atoms with van der Waals surface area (Å²) in [5, 5.41) is 0.556. The van der Waals surface area contributed by atoms with Crippen LogP contribution in [0.15, 0.2) is 24.3 Å². The third kappa shape index (κ3) is 6.20. The van der Waals surface area contributed by atoms with Crippen molar-refractivity contribution in [2.75, 3.05) is 37.4 Å². The zero-order chi connectivity index (χ0) is 13.4. The molecular weight excluding hydrogens is 278 g/mol. The first kappa shape index (κ1) is 15.2. The van der Waals surface area contributed by atoms with Gasteiger partial charge >= 0.3 is 0 Å². The van der Waals surface area contributed by atoms with Crippen LogP contribution in [0.5, 0.6) is 0 Å². The summed E-state index contributed by atoms with van der Waals surface area (Å²) in [5.74, 6) is -0.0979. The van der Waals surface area contributed by atoms with Crippen molar-refractivity contribution in [2.24, 2.45) is 0 Å². The third-order valence-electron chi connectivity index (χ3n) is 2.05. The minimum atomic E-state index is -3.39. The number of anilines is 1. The second kappa shape index (κ2) is 7.58. The van der Waals surface area contributed by atoms with Crippen LogP contribution >= 0.6 is 11.6 Å². The summed E-state index contributed by atoms with van der Waals surface area (Å²) in [6, 6.07) is 6.44. The number of nitrogens with one attached hydrogen (secondary N) is 1. The molecule has 0 atom stereocenters. The molecule has 0 heterocycles. The fraction of sp³-hybridized carbons (Fsp3) is 0.455. The Labute approximate surface area is 112 Å². The van der Waals surface area contributed by atoms with Gasteiger partial charge in [-0.2, -0.15) is 0 Å². The average Bonchev–Trinajstić information content (AvgIpc) is 2.31. The van der Waals surface area contributed by atoms with Crippen molar-refractivity contribution in [3.8, 4) is 0 Å². The summed E-state index contributed by atoms with van der Waals surface area (Å²) in [4.78, 5) is 0. The summed E-state index contributed by atoms with van der Waals surface area (Å²) in [6.45, 7) is 0.962. The van der Waals surface area contributed by atoms with Gasteiger partial charge in [0.2, 0.25) is 10.0 Å². The summed E-state index contributed by atoms with van der Waals surface area (Å²) < 4.78 is 35.6. The Hall–Kier alpha value is -0.820. The minimum Gasteiger partial charge on any atom is -0.382 e. The molecule has 0 radical (unpaired) electrons. The van der Waals surface area contributed by atoms with E-state index in [0.717, 1.165) is 0 Å². The van der Waals surface area contributed by atoms with Crippen LogP contribution in [0.4, 0.5) is 5.69 Å². The number of ether oxygens (including phenoxy) is 2. The minimum absolute atomic E-state index is 0.0979. The van der Waals surface area contributed by atoms with Gasteiger partial charge in [-0.25, -0.2) is 8.42 Å². The van der Waals surface area contributed by atoms with Crippen molar-refractivity contribution in [1.29, 1.82) is 0 Å². The number of methoxy groups -OCH3 is 1. The molecule has 7 heteroatoms. The van der Waals surface area contributed by atoms with Crippen molar-refractivity contribution in [3.05, 3.63) is 29.3 Å². The van der Waals surface area contributed by atoms with E-state index in [1.54, 1.807) is 31.4 Å². The van der Waals surface area contributed by atoms with Gasteiger partial charge in [-0.15, -0.1) is 0 Å². The molecule has 0 aliphatic heterocycles. The highest BCUT2D eigenvalue weighted by Crippen LogP contribution is 2.14. The van der Waals surface area contributed by atoms with E-state index in [-0.39, 0.29) is 12.4 Å². The molecule has 102 valence electrons. The van der Waals surface area contributed by atoms with Crippen molar-refractivity contribution < 1.29 is 17.9 Å². The van der Waals surface area contributed by atoms with Crippen LogP contribution in [-0.4, -0.2) is 41.1 Å².